The zero-order valence-electron chi connectivity index (χ0n) is 9.64. The Kier molecular flexibility index (Phi) is 4.34. The summed E-state index contributed by atoms with van der Waals surface area (Å²) in [6.45, 7) is 0.439. The lowest BCUT2D eigenvalue weighted by Crippen LogP contribution is -2.03. The van der Waals surface area contributed by atoms with Crippen LogP contribution >= 0.6 is 27.5 Å². The van der Waals surface area contributed by atoms with E-state index >= 15 is 0 Å². The predicted molar refractivity (Wildman–Crippen MR) is 77.4 cm³/mol. The Balaban J connectivity index is 2.17. The Labute approximate surface area is 122 Å². The lowest BCUT2D eigenvalue weighted by atomic mass is 10.2. The van der Waals surface area contributed by atoms with Crippen LogP contribution in [0.4, 0.5) is 11.4 Å². The summed E-state index contributed by atoms with van der Waals surface area (Å²) in [5.74, 6) is 0. The highest BCUT2D eigenvalue weighted by atomic mass is 79.9. The summed E-state index contributed by atoms with van der Waals surface area (Å²) in [6.07, 6.45) is 3.37. The molecule has 0 radical (unpaired) electrons. The number of hydrogen-bond acceptors (Lipinski definition) is 4. The van der Waals surface area contributed by atoms with Gasteiger partial charge in [-0.2, -0.15) is 0 Å². The van der Waals surface area contributed by atoms with E-state index in [0.717, 1.165) is 10.0 Å². The molecule has 0 unspecified atom stereocenters. The highest BCUT2D eigenvalue weighted by Crippen LogP contribution is 2.28. The maximum atomic E-state index is 10.9. The number of hydrogen-bond donors (Lipinski definition) is 1. The average molecular weight is 343 g/mol. The molecule has 1 aromatic heterocycles. The van der Waals surface area contributed by atoms with Crippen molar-refractivity contribution in [2.75, 3.05) is 5.32 Å². The first-order chi connectivity index (χ1) is 9.06. The third-order valence-electron chi connectivity index (χ3n) is 2.40. The van der Waals surface area contributed by atoms with E-state index in [1.807, 2.05) is 6.07 Å². The molecular weight excluding hydrogens is 334 g/mol. The van der Waals surface area contributed by atoms with Crippen molar-refractivity contribution in [1.82, 2.24) is 4.98 Å². The normalized spacial score (nSPS) is 10.2. The van der Waals surface area contributed by atoms with Crippen LogP contribution in [0.5, 0.6) is 0 Å². The minimum absolute atomic E-state index is 0.0459. The number of nitrogens with zero attached hydrogens (tertiary/aromatic N) is 2. The van der Waals surface area contributed by atoms with Crippen LogP contribution in [0, 0.1) is 10.1 Å². The summed E-state index contributed by atoms with van der Waals surface area (Å²) in [4.78, 5) is 14.5. The molecule has 19 heavy (non-hydrogen) atoms. The molecule has 0 spiro atoms. The number of rotatable bonds is 4. The Morgan fingerprint density at radius 2 is 2.16 bits per heavy atom. The number of aromatic nitrogens is 1. The van der Waals surface area contributed by atoms with Gasteiger partial charge in [-0.05, 0) is 39.7 Å². The highest BCUT2D eigenvalue weighted by Gasteiger charge is 2.13. The number of nitro benzene ring substituents is 1. The molecule has 0 fully saturated rings. The molecule has 2 aromatic rings. The van der Waals surface area contributed by atoms with E-state index < -0.39 is 4.92 Å². The minimum atomic E-state index is -0.465. The molecule has 2 rings (SSSR count). The van der Waals surface area contributed by atoms with Gasteiger partial charge < -0.3 is 5.32 Å². The van der Waals surface area contributed by atoms with E-state index in [1.165, 1.54) is 6.07 Å². The fourth-order valence-electron chi connectivity index (χ4n) is 1.56. The molecule has 1 N–H and O–H groups in total. The second kappa shape index (κ2) is 5.99. The lowest BCUT2D eigenvalue weighted by Gasteiger charge is -2.07. The molecule has 0 amide bonds. The standard InChI is InChI=1S/C12H9BrClN3O2/c13-9-3-8(5-15-7-9)6-16-11-2-1-10(14)4-12(11)17(18)19/h1-5,7,16H,6H2. The van der Waals surface area contributed by atoms with Gasteiger partial charge in [-0.15, -0.1) is 0 Å². The van der Waals surface area contributed by atoms with E-state index in [0.29, 0.717) is 17.3 Å². The Morgan fingerprint density at radius 1 is 1.37 bits per heavy atom. The summed E-state index contributed by atoms with van der Waals surface area (Å²) < 4.78 is 0.859. The summed E-state index contributed by atoms with van der Waals surface area (Å²) in [5.41, 5.74) is 1.29. The summed E-state index contributed by atoms with van der Waals surface area (Å²) in [7, 11) is 0. The van der Waals surface area contributed by atoms with Crippen molar-refractivity contribution in [2.45, 2.75) is 6.54 Å². The SMILES string of the molecule is O=[N+]([O-])c1cc(Cl)ccc1NCc1cncc(Br)c1. The van der Waals surface area contributed by atoms with E-state index in [1.54, 1.807) is 24.5 Å². The van der Waals surface area contributed by atoms with Crippen LogP contribution in [0.25, 0.3) is 0 Å². The van der Waals surface area contributed by atoms with Crippen molar-refractivity contribution >= 4 is 38.9 Å². The molecule has 7 heteroatoms. The molecule has 0 atom stereocenters. The first kappa shape index (κ1) is 13.8. The van der Waals surface area contributed by atoms with Crippen molar-refractivity contribution < 1.29 is 4.92 Å². The molecule has 0 aliphatic rings. The van der Waals surface area contributed by atoms with E-state index in [-0.39, 0.29) is 5.69 Å². The second-order valence-electron chi connectivity index (χ2n) is 3.78. The zero-order valence-corrected chi connectivity index (χ0v) is 12.0. The highest BCUT2D eigenvalue weighted by molar-refractivity contribution is 9.10. The molecule has 1 heterocycles. The van der Waals surface area contributed by atoms with Gasteiger partial charge in [-0.3, -0.25) is 15.1 Å². The topological polar surface area (TPSA) is 68.1 Å². The molecule has 98 valence electrons. The van der Waals surface area contributed by atoms with Gasteiger partial charge in [0, 0.05) is 34.5 Å². The molecule has 1 aromatic carbocycles. The van der Waals surface area contributed by atoms with Gasteiger partial charge in [0.2, 0.25) is 0 Å². The first-order valence-corrected chi connectivity index (χ1v) is 6.50. The second-order valence-corrected chi connectivity index (χ2v) is 5.14. The summed E-state index contributed by atoms with van der Waals surface area (Å²) >= 11 is 9.07. The number of benzene rings is 1. The largest absolute Gasteiger partial charge is 0.375 e. The molecular formula is C12H9BrClN3O2. The maximum Gasteiger partial charge on any atom is 0.293 e. The van der Waals surface area contributed by atoms with E-state index in [4.69, 9.17) is 11.6 Å². The quantitative estimate of drug-likeness (QED) is 0.673. The van der Waals surface area contributed by atoms with Gasteiger partial charge in [0.1, 0.15) is 5.69 Å². The molecule has 0 saturated carbocycles. The van der Waals surface area contributed by atoms with Crippen molar-refractivity contribution in [2.24, 2.45) is 0 Å². The number of anilines is 1. The van der Waals surface area contributed by atoms with Crippen LogP contribution in [0.15, 0.2) is 41.1 Å². The fourth-order valence-corrected chi connectivity index (χ4v) is 2.13. The molecule has 0 bridgehead atoms. The van der Waals surface area contributed by atoms with Crippen LogP contribution in [0.3, 0.4) is 0 Å². The van der Waals surface area contributed by atoms with Gasteiger partial charge in [0.15, 0.2) is 0 Å². The summed E-state index contributed by atoms with van der Waals surface area (Å²) in [5, 5.41) is 14.3. The maximum absolute atomic E-state index is 10.9. The van der Waals surface area contributed by atoms with Gasteiger partial charge in [-0.25, -0.2) is 0 Å². The van der Waals surface area contributed by atoms with Crippen molar-refractivity contribution in [3.63, 3.8) is 0 Å². The predicted octanol–water partition coefficient (Wildman–Crippen LogP) is 4.02. The third kappa shape index (κ3) is 3.65. The van der Waals surface area contributed by atoms with Gasteiger partial charge in [0.25, 0.3) is 5.69 Å². The fraction of sp³-hybridized carbons (Fsp3) is 0.0833. The van der Waals surface area contributed by atoms with Gasteiger partial charge in [0.05, 0.1) is 4.92 Å². The Hall–Kier alpha value is -1.66. The van der Waals surface area contributed by atoms with Crippen LogP contribution in [-0.2, 0) is 6.54 Å². The van der Waals surface area contributed by atoms with Crippen molar-refractivity contribution in [3.8, 4) is 0 Å². The molecule has 5 nitrogen and oxygen atoms in total. The number of nitrogens with one attached hydrogen (secondary N) is 1. The zero-order chi connectivity index (χ0) is 13.8. The first-order valence-electron chi connectivity index (χ1n) is 5.33. The number of pyridine rings is 1. The van der Waals surface area contributed by atoms with Crippen molar-refractivity contribution in [3.05, 3.63) is 61.8 Å². The molecule has 0 aliphatic heterocycles. The van der Waals surface area contributed by atoms with Crippen molar-refractivity contribution in [1.29, 1.82) is 0 Å². The van der Waals surface area contributed by atoms with Crippen LogP contribution in [-0.4, -0.2) is 9.91 Å². The Morgan fingerprint density at radius 3 is 2.84 bits per heavy atom. The van der Waals surface area contributed by atoms with Crippen LogP contribution < -0.4 is 5.32 Å². The van der Waals surface area contributed by atoms with Crippen LogP contribution in [0.2, 0.25) is 5.02 Å². The number of halogens is 2. The minimum Gasteiger partial charge on any atom is -0.375 e. The third-order valence-corrected chi connectivity index (χ3v) is 3.07. The Bertz CT molecular complexity index is 622. The number of nitro groups is 1. The van der Waals surface area contributed by atoms with E-state index in [9.17, 15) is 10.1 Å². The lowest BCUT2D eigenvalue weighted by molar-refractivity contribution is -0.383. The van der Waals surface area contributed by atoms with Crippen LogP contribution in [0.1, 0.15) is 5.56 Å². The average Bonchev–Trinajstić information content (AvgIpc) is 2.37. The van der Waals surface area contributed by atoms with Gasteiger partial charge >= 0.3 is 0 Å². The molecule has 0 aliphatic carbocycles. The molecule has 0 saturated heterocycles. The van der Waals surface area contributed by atoms with Gasteiger partial charge in [-0.1, -0.05) is 11.6 Å². The summed E-state index contributed by atoms with van der Waals surface area (Å²) in [6, 6.07) is 6.41. The monoisotopic (exact) mass is 341 g/mol. The smallest absolute Gasteiger partial charge is 0.293 e. The van der Waals surface area contributed by atoms with E-state index in [2.05, 4.69) is 26.2 Å².